The van der Waals surface area contributed by atoms with Gasteiger partial charge in [-0.3, -0.25) is 34.1 Å². The zero-order valence-corrected chi connectivity index (χ0v) is 62.9. The summed E-state index contributed by atoms with van der Waals surface area (Å²) in [7, 11) is 0. The molecule has 0 radical (unpaired) electrons. The van der Waals surface area contributed by atoms with Crippen molar-refractivity contribution in [1.82, 2.24) is 21.3 Å². The van der Waals surface area contributed by atoms with E-state index in [9.17, 15) is 43.8 Å². The van der Waals surface area contributed by atoms with E-state index in [4.69, 9.17) is 33.2 Å². The van der Waals surface area contributed by atoms with Crippen molar-refractivity contribution in [2.75, 3.05) is 26.2 Å². The number of carbonyl (C=O) groups excluding carboxylic acids is 7. The van der Waals surface area contributed by atoms with Crippen LogP contribution in [0, 0.1) is 23.7 Å². The molecule has 6 N–H and O–H groups in total. The third-order valence-electron chi connectivity index (χ3n) is 21.6. The maximum atomic E-state index is 12.7. The van der Waals surface area contributed by atoms with Gasteiger partial charge in [-0.25, -0.2) is 4.79 Å². The molecule has 9 rings (SSSR count). The van der Waals surface area contributed by atoms with Crippen LogP contribution in [0.3, 0.4) is 0 Å². The fourth-order valence-corrected chi connectivity index (χ4v) is 15.5. The van der Waals surface area contributed by atoms with Crippen LogP contribution in [0.5, 0.6) is 0 Å². The molecule has 1 aliphatic carbocycles. The number of Topliss-reactive ketones (excluding diaryl/α,β-unsaturated/α-hetero) is 1. The van der Waals surface area contributed by atoms with Gasteiger partial charge in [-0.15, -0.1) is 13.2 Å². The number of hydrogen-bond acceptors (Lipinski definition) is 16. The van der Waals surface area contributed by atoms with Crippen molar-refractivity contribution in [1.29, 1.82) is 0 Å². The Morgan fingerprint density at radius 1 is 0.563 bits per heavy atom. The van der Waals surface area contributed by atoms with Gasteiger partial charge >= 0.3 is 6.09 Å². The third kappa shape index (κ3) is 27.3. The molecule has 572 valence electrons. The van der Waals surface area contributed by atoms with Crippen LogP contribution in [0.2, 0.25) is 0 Å². The first-order valence-corrected chi connectivity index (χ1v) is 38.9. The number of fused-ring (bicyclic) bond motifs is 3. The number of carbonyl (C=O) groups is 7. The summed E-state index contributed by atoms with van der Waals surface area (Å²) in [6.07, 6.45) is 32.1. The van der Waals surface area contributed by atoms with E-state index >= 15 is 0 Å². The van der Waals surface area contributed by atoms with E-state index in [2.05, 4.69) is 53.5 Å². The number of benzene rings is 2. The van der Waals surface area contributed by atoms with E-state index < -0.39 is 41.8 Å². The van der Waals surface area contributed by atoms with Crippen LogP contribution < -0.4 is 21.3 Å². The number of nitrogens with one attached hydrogen (secondary N) is 4. The number of alkyl carbamates (subject to hydrolysis) is 1. The molecule has 6 aliphatic heterocycles. The number of amides is 4. The summed E-state index contributed by atoms with van der Waals surface area (Å²) < 4.78 is 43.3. The van der Waals surface area contributed by atoms with Crippen LogP contribution in [-0.2, 0) is 61.9 Å². The van der Waals surface area contributed by atoms with Crippen molar-refractivity contribution in [3.63, 3.8) is 0 Å². The first kappa shape index (κ1) is 84.0. The molecule has 20 nitrogen and oxygen atoms in total. The van der Waals surface area contributed by atoms with Gasteiger partial charge in [0.15, 0.2) is 23.1 Å². The van der Waals surface area contributed by atoms with Gasteiger partial charge in [0.2, 0.25) is 17.7 Å². The molecule has 16 atom stereocenters. The van der Waals surface area contributed by atoms with Gasteiger partial charge in [0.25, 0.3) is 0 Å². The summed E-state index contributed by atoms with van der Waals surface area (Å²) in [6.45, 7) is 21.4. The molecule has 2 spiro atoms. The van der Waals surface area contributed by atoms with E-state index in [0.29, 0.717) is 38.3 Å². The largest absolute Gasteiger partial charge is 0.448 e. The standard InChI is InChI=1S/C35H46N2O6.C34H56N2O7.C14H22O3/c1-3-4-12-25-13-9-20-35(42-25)21-10-14-26(43-35)15-11-22-36-32(38)24(2)33(39)37-34(40)41-23-31-29-18-7-5-16-27(29)28-17-6-8-19-30(28)31;1-5-7-12-27-13-8-18-34(42-27)19-9-14-28(43-34)15-10-20-35-33(40)25(4)30(38)23-36-32(39)22-31-24(3)16-17-29(41-31)21-26(37)11-6-2;1-4-5-12(16)9-13-7-6-10(2)14(17-13)8-11(3)15/h3,5-8,16-19,24-26,31,33,39H,1,4,9-15,20-23H2,2H3,(H,36,38)(H,37,40);5-6,11,24-25,27-31,38H,1,7-10,12-23H2,2-4H3,(H,35,40)(H,36,39);4-5,10,13-14H,6-9H2,1-3H3/b;11-6+;5-4+/t24-,25-,26+,33-,35+;24?,25-,27+,28-,29-,30-,31?,34-;10?,13-,14?/m100/s1. The van der Waals surface area contributed by atoms with Gasteiger partial charge in [0, 0.05) is 70.5 Å². The highest BCUT2D eigenvalue weighted by atomic mass is 16.7. The lowest BCUT2D eigenvalue weighted by Crippen LogP contribution is -2.48. The maximum Gasteiger partial charge on any atom is 0.409 e. The van der Waals surface area contributed by atoms with Gasteiger partial charge in [-0.2, -0.15) is 0 Å². The highest BCUT2D eigenvalue weighted by molar-refractivity contribution is 5.90. The first-order chi connectivity index (χ1) is 49.6. The second kappa shape index (κ2) is 43.4. The topological polar surface area (TPSA) is 273 Å². The monoisotopic (exact) mass is 1430 g/mol. The molecule has 6 saturated heterocycles. The second-order valence-electron chi connectivity index (χ2n) is 30.0. The lowest BCUT2D eigenvalue weighted by molar-refractivity contribution is -0.316. The summed E-state index contributed by atoms with van der Waals surface area (Å²) in [5.74, 6) is -2.39. The summed E-state index contributed by atoms with van der Waals surface area (Å²) in [5.41, 5.74) is 4.50. The molecule has 2 aromatic carbocycles. The predicted octanol–water partition coefficient (Wildman–Crippen LogP) is 13.8. The highest BCUT2D eigenvalue weighted by Gasteiger charge is 2.44. The van der Waals surface area contributed by atoms with E-state index in [1.807, 2.05) is 69.3 Å². The molecule has 2 aromatic rings. The van der Waals surface area contributed by atoms with Gasteiger partial charge < -0.3 is 59.3 Å². The van der Waals surface area contributed by atoms with Crippen molar-refractivity contribution >= 4 is 41.2 Å². The Hall–Kier alpha value is -6.23. The number of aliphatic hydroxyl groups is 2. The van der Waals surface area contributed by atoms with Crippen LogP contribution in [0.15, 0.2) is 98.1 Å². The minimum Gasteiger partial charge on any atom is -0.448 e. The fraction of sp³-hybridized carbons (Fsp3) is 0.675. The lowest BCUT2D eigenvalue weighted by atomic mass is 9.89. The molecule has 4 amide bonds. The quantitative estimate of drug-likeness (QED) is 0.0168. The van der Waals surface area contributed by atoms with Gasteiger partial charge in [0.1, 0.15) is 18.6 Å². The summed E-state index contributed by atoms with van der Waals surface area (Å²) in [5, 5.41) is 32.1. The number of hydrogen-bond donors (Lipinski definition) is 6. The number of ether oxygens (including phenoxy) is 7. The van der Waals surface area contributed by atoms with Crippen LogP contribution in [0.4, 0.5) is 4.79 Å². The minimum absolute atomic E-state index is 0.00958. The molecule has 0 aromatic heterocycles. The Balaban J connectivity index is 0.000000236. The SMILES string of the molecule is C/C=C/C(=O)C[C@@H]1CCC(C)C(CC(C)=O)O1.C=CCC[C@@H]1CCC[C@]2(CCC[C@@H](CCCNC(=O)[C@@H](C)[C@@H](O)CNC(=O)CC3O[C@H](CC(=O)/C=C/C)CCC3C)O2)O1.C=CCC[C@@H]1CCC[C@]2(CCC[C@@H](CCCNC(=O)[C@@H](C)[C@@H](O)NC(=O)OCC3c4ccccc4-c4ccccc43)O2)O1. The van der Waals surface area contributed by atoms with Gasteiger partial charge in [-0.1, -0.05) is 93.6 Å². The van der Waals surface area contributed by atoms with Crippen molar-refractivity contribution in [2.45, 2.75) is 307 Å². The lowest BCUT2D eigenvalue weighted by Gasteiger charge is -2.46. The van der Waals surface area contributed by atoms with E-state index in [-0.39, 0.29) is 115 Å². The highest BCUT2D eigenvalue weighted by Crippen LogP contribution is 2.46. The number of aliphatic hydroxyl groups excluding tert-OH is 2. The van der Waals surface area contributed by atoms with Crippen molar-refractivity contribution in [3.05, 3.63) is 109 Å². The van der Waals surface area contributed by atoms with Gasteiger partial charge in [0.05, 0.1) is 73.2 Å². The van der Waals surface area contributed by atoms with Crippen LogP contribution in [0.1, 0.15) is 245 Å². The normalized spacial score (nSPS) is 28.0. The van der Waals surface area contributed by atoms with Crippen LogP contribution in [-0.4, -0.2) is 150 Å². The average molecular weight is 1430 g/mol. The zero-order chi connectivity index (χ0) is 74.3. The average Bonchev–Trinajstić information content (AvgIpc) is 1.63. The second-order valence-corrected chi connectivity index (χ2v) is 30.0. The summed E-state index contributed by atoms with van der Waals surface area (Å²) in [4.78, 5) is 85.1. The molecular weight excluding hydrogens is 1310 g/mol. The summed E-state index contributed by atoms with van der Waals surface area (Å²) in [6, 6.07) is 16.2. The minimum atomic E-state index is -1.37. The molecule has 6 fully saturated rings. The van der Waals surface area contributed by atoms with Crippen molar-refractivity contribution in [3.8, 4) is 11.1 Å². The van der Waals surface area contributed by atoms with E-state index in [0.717, 1.165) is 176 Å². The number of rotatable bonds is 33. The first-order valence-electron chi connectivity index (χ1n) is 38.9. The zero-order valence-electron chi connectivity index (χ0n) is 62.9. The Morgan fingerprint density at radius 3 is 1.43 bits per heavy atom. The molecule has 0 saturated carbocycles. The predicted molar refractivity (Wildman–Crippen MR) is 398 cm³/mol. The fourth-order valence-electron chi connectivity index (χ4n) is 15.5. The van der Waals surface area contributed by atoms with E-state index in [1.54, 1.807) is 45.1 Å². The maximum absolute atomic E-state index is 12.7. The van der Waals surface area contributed by atoms with Gasteiger partial charge in [-0.05, 0) is 202 Å². The molecule has 20 heteroatoms. The molecule has 7 aliphatic rings. The Bertz CT molecular complexity index is 3050. The van der Waals surface area contributed by atoms with E-state index in [1.165, 1.54) is 0 Å². The molecule has 4 unspecified atom stereocenters. The molecular formula is C83H124N4O16. The smallest absolute Gasteiger partial charge is 0.409 e. The molecule has 0 bridgehead atoms. The Morgan fingerprint density at radius 2 is 0.990 bits per heavy atom. The van der Waals surface area contributed by atoms with Crippen LogP contribution >= 0.6 is 0 Å². The third-order valence-corrected chi connectivity index (χ3v) is 21.6. The Kier molecular flexibility index (Phi) is 35.4. The number of allylic oxidation sites excluding steroid dienone is 6. The van der Waals surface area contributed by atoms with Crippen molar-refractivity contribution in [2.24, 2.45) is 23.7 Å². The van der Waals surface area contributed by atoms with Crippen LogP contribution in [0.25, 0.3) is 11.1 Å². The number of ketones is 3. The summed E-state index contributed by atoms with van der Waals surface area (Å²) >= 11 is 0. The Labute approximate surface area is 613 Å². The molecule has 6 heterocycles. The van der Waals surface area contributed by atoms with Crippen molar-refractivity contribution < 1.29 is 76.9 Å². The molecule has 103 heavy (non-hydrogen) atoms.